The fraction of sp³-hybridized carbons (Fsp3) is 0.800. The van der Waals surface area contributed by atoms with Crippen molar-refractivity contribution >= 4 is 5.97 Å². The Labute approximate surface area is 174 Å². The lowest BCUT2D eigenvalue weighted by Gasteiger charge is -2.55. The van der Waals surface area contributed by atoms with Crippen LogP contribution < -0.4 is 0 Å². The van der Waals surface area contributed by atoms with Crippen molar-refractivity contribution < 1.29 is 19.4 Å². The summed E-state index contributed by atoms with van der Waals surface area (Å²) >= 11 is 0. The Balaban J connectivity index is 1.25. The number of esters is 1. The average molecular weight is 401 g/mol. The molecule has 0 unspecified atom stereocenters. The average Bonchev–Trinajstić information content (AvgIpc) is 3.19. The zero-order valence-corrected chi connectivity index (χ0v) is 18.2. The van der Waals surface area contributed by atoms with E-state index in [9.17, 15) is 9.90 Å². The number of carbonyl (C=O) groups excluding carboxylic acids is 1. The second-order valence-corrected chi connectivity index (χ2v) is 11.1. The molecule has 0 aromatic heterocycles. The molecule has 160 valence electrons. The molecule has 1 spiro atoms. The van der Waals surface area contributed by atoms with Crippen LogP contribution in [0.4, 0.5) is 0 Å². The standard InChI is InChI=1S/C25H36O4/c1-16-8-12-25-15-23(25,2)10-4-5-20(25)24(16,3)11-9-17-6-7-19(28-14-17)18-13-21(26)29-22(18)27/h6,13,16,19-20,22,27H,4-5,7-12,14-15H2,1-3H3/t16-,19+,20+,22-,23-,24-,25-/m1/s1. The molecule has 1 N–H and O–H groups in total. The minimum Gasteiger partial charge on any atom is -0.429 e. The van der Waals surface area contributed by atoms with Gasteiger partial charge in [-0.2, -0.15) is 0 Å². The second-order valence-electron chi connectivity index (χ2n) is 11.1. The maximum atomic E-state index is 11.4. The van der Waals surface area contributed by atoms with E-state index in [1.807, 2.05) is 0 Å². The van der Waals surface area contributed by atoms with Gasteiger partial charge in [0, 0.05) is 11.6 Å². The van der Waals surface area contributed by atoms with Crippen LogP contribution in [0.25, 0.3) is 0 Å². The molecule has 0 aromatic carbocycles. The molecule has 29 heavy (non-hydrogen) atoms. The number of aliphatic hydroxyl groups excluding tert-OH is 1. The van der Waals surface area contributed by atoms with Gasteiger partial charge in [0.25, 0.3) is 0 Å². The zero-order chi connectivity index (χ0) is 20.4. The van der Waals surface area contributed by atoms with Crippen LogP contribution in [0.3, 0.4) is 0 Å². The monoisotopic (exact) mass is 400 g/mol. The Hall–Kier alpha value is -1.13. The van der Waals surface area contributed by atoms with Crippen molar-refractivity contribution in [3.8, 4) is 0 Å². The van der Waals surface area contributed by atoms with Gasteiger partial charge in [0.15, 0.2) is 0 Å². The summed E-state index contributed by atoms with van der Waals surface area (Å²) in [5.41, 5.74) is 3.65. The minimum absolute atomic E-state index is 0.238. The van der Waals surface area contributed by atoms with Gasteiger partial charge in [-0.05, 0) is 85.0 Å². The van der Waals surface area contributed by atoms with E-state index in [1.165, 1.54) is 56.6 Å². The van der Waals surface area contributed by atoms with Crippen LogP contribution in [-0.4, -0.2) is 30.1 Å². The summed E-state index contributed by atoms with van der Waals surface area (Å²) in [5.74, 6) is 1.21. The van der Waals surface area contributed by atoms with Crippen LogP contribution in [-0.2, 0) is 14.3 Å². The third-order valence-electron chi connectivity index (χ3n) is 9.86. The van der Waals surface area contributed by atoms with E-state index in [4.69, 9.17) is 9.47 Å². The number of cyclic esters (lactones) is 1. The molecule has 2 aliphatic heterocycles. The van der Waals surface area contributed by atoms with Gasteiger partial charge in [-0.1, -0.05) is 33.3 Å². The number of hydrogen-bond acceptors (Lipinski definition) is 4. The molecule has 0 aromatic rings. The smallest absolute Gasteiger partial charge is 0.333 e. The van der Waals surface area contributed by atoms with Gasteiger partial charge in [-0.3, -0.25) is 0 Å². The number of ether oxygens (including phenoxy) is 2. The molecule has 2 heterocycles. The highest BCUT2D eigenvalue weighted by atomic mass is 16.6. The summed E-state index contributed by atoms with van der Waals surface area (Å²) in [5, 5.41) is 9.86. The van der Waals surface area contributed by atoms with Gasteiger partial charge >= 0.3 is 5.97 Å². The fourth-order valence-corrected chi connectivity index (χ4v) is 7.72. The van der Waals surface area contributed by atoms with Crippen molar-refractivity contribution in [2.24, 2.45) is 28.1 Å². The molecular weight excluding hydrogens is 364 g/mol. The Bertz CT molecular complexity index is 769. The highest BCUT2D eigenvalue weighted by molar-refractivity contribution is 5.85. The summed E-state index contributed by atoms with van der Waals surface area (Å²) in [6, 6.07) is 0. The maximum absolute atomic E-state index is 11.4. The Morgan fingerprint density at radius 1 is 1.24 bits per heavy atom. The summed E-state index contributed by atoms with van der Waals surface area (Å²) in [4.78, 5) is 11.4. The van der Waals surface area contributed by atoms with Crippen molar-refractivity contribution in [3.63, 3.8) is 0 Å². The first-order valence-corrected chi connectivity index (χ1v) is 11.7. The van der Waals surface area contributed by atoms with Crippen LogP contribution in [0.2, 0.25) is 0 Å². The molecule has 0 amide bonds. The predicted octanol–water partition coefficient (Wildman–Crippen LogP) is 4.92. The SMILES string of the molecule is C[C@@H]1CC[C@]23C[C@@]2(C)CCC[C@H]3[C@]1(C)CCC1=CC[C@@H](C2=CC(=O)O[C@H]2O)OC1. The summed E-state index contributed by atoms with van der Waals surface area (Å²) in [6.45, 7) is 8.24. The van der Waals surface area contributed by atoms with Gasteiger partial charge < -0.3 is 14.6 Å². The highest BCUT2D eigenvalue weighted by Gasteiger charge is 2.72. The van der Waals surface area contributed by atoms with E-state index in [0.29, 0.717) is 34.8 Å². The van der Waals surface area contributed by atoms with Crippen LogP contribution in [0, 0.1) is 28.1 Å². The third kappa shape index (κ3) is 2.96. The first kappa shape index (κ1) is 19.8. The van der Waals surface area contributed by atoms with Crippen molar-refractivity contribution in [3.05, 3.63) is 23.3 Å². The van der Waals surface area contributed by atoms with Crippen molar-refractivity contribution in [2.45, 2.75) is 91.0 Å². The number of hydrogen-bond donors (Lipinski definition) is 1. The molecule has 4 heteroatoms. The lowest BCUT2D eigenvalue weighted by molar-refractivity contribution is -0.152. The number of aliphatic hydroxyl groups is 1. The van der Waals surface area contributed by atoms with E-state index < -0.39 is 12.3 Å². The van der Waals surface area contributed by atoms with Gasteiger partial charge in [-0.25, -0.2) is 4.79 Å². The van der Waals surface area contributed by atoms with Crippen LogP contribution in [0.5, 0.6) is 0 Å². The van der Waals surface area contributed by atoms with Gasteiger partial charge in [0.1, 0.15) is 0 Å². The molecule has 7 atom stereocenters. The molecule has 0 bridgehead atoms. The van der Waals surface area contributed by atoms with Crippen molar-refractivity contribution in [1.29, 1.82) is 0 Å². The van der Waals surface area contributed by atoms with E-state index in [1.54, 1.807) is 0 Å². The van der Waals surface area contributed by atoms with E-state index in [-0.39, 0.29) is 6.10 Å². The van der Waals surface area contributed by atoms with Gasteiger partial charge in [0.2, 0.25) is 6.29 Å². The quantitative estimate of drug-likeness (QED) is 0.538. The topological polar surface area (TPSA) is 55.8 Å². The molecule has 0 radical (unpaired) electrons. The maximum Gasteiger partial charge on any atom is 0.333 e. The molecule has 3 saturated carbocycles. The predicted molar refractivity (Wildman–Crippen MR) is 111 cm³/mol. The molecular formula is C25H36O4. The first-order valence-electron chi connectivity index (χ1n) is 11.7. The molecule has 0 saturated heterocycles. The number of carbonyl (C=O) groups is 1. The first-order chi connectivity index (χ1) is 13.8. The van der Waals surface area contributed by atoms with E-state index >= 15 is 0 Å². The molecule has 5 aliphatic rings. The zero-order valence-electron chi connectivity index (χ0n) is 18.2. The van der Waals surface area contributed by atoms with E-state index in [0.717, 1.165) is 18.3 Å². The third-order valence-corrected chi connectivity index (χ3v) is 9.86. The van der Waals surface area contributed by atoms with Crippen molar-refractivity contribution in [1.82, 2.24) is 0 Å². The normalized spacial score (nSPS) is 48.9. The second kappa shape index (κ2) is 6.68. The van der Waals surface area contributed by atoms with Crippen LogP contribution >= 0.6 is 0 Å². The Kier molecular flexibility index (Phi) is 4.57. The molecule has 3 aliphatic carbocycles. The largest absolute Gasteiger partial charge is 0.429 e. The molecule has 4 nitrogen and oxygen atoms in total. The molecule has 5 rings (SSSR count). The van der Waals surface area contributed by atoms with Crippen LogP contribution in [0.1, 0.15) is 78.6 Å². The Morgan fingerprint density at radius 2 is 2.07 bits per heavy atom. The van der Waals surface area contributed by atoms with Crippen molar-refractivity contribution in [2.75, 3.05) is 6.61 Å². The summed E-state index contributed by atoms with van der Waals surface area (Å²) in [7, 11) is 0. The summed E-state index contributed by atoms with van der Waals surface area (Å²) in [6.07, 6.45) is 14.0. The highest BCUT2D eigenvalue weighted by Crippen LogP contribution is 2.80. The minimum atomic E-state index is -1.14. The van der Waals surface area contributed by atoms with E-state index in [2.05, 4.69) is 26.8 Å². The van der Waals surface area contributed by atoms with Gasteiger partial charge in [-0.15, -0.1) is 0 Å². The van der Waals surface area contributed by atoms with Gasteiger partial charge in [0.05, 0.1) is 12.7 Å². The lowest BCUT2D eigenvalue weighted by Crippen LogP contribution is -2.47. The summed E-state index contributed by atoms with van der Waals surface area (Å²) < 4.78 is 10.8. The lowest BCUT2D eigenvalue weighted by atomic mass is 9.50. The Morgan fingerprint density at radius 3 is 2.76 bits per heavy atom. The fourth-order valence-electron chi connectivity index (χ4n) is 7.72. The number of rotatable bonds is 4. The molecule has 3 fully saturated rings. The van der Waals surface area contributed by atoms with Crippen LogP contribution in [0.15, 0.2) is 23.3 Å².